The molecule has 0 aromatic rings. The van der Waals surface area contributed by atoms with Crippen LogP contribution in [0.1, 0.15) is 194 Å². The maximum Gasteiger partial charge on any atom is 0.472 e. The Bertz CT molecular complexity index is 1050. The van der Waals surface area contributed by atoms with Crippen LogP contribution < -0.4 is 0 Å². The Morgan fingerprint density at radius 3 is 1.50 bits per heavy atom. The lowest BCUT2D eigenvalue weighted by Crippen LogP contribution is -2.37. The molecule has 1 unspecified atom stereocenters. The second kappa shape index (κ2) is 38.7. The zero-order valence-electron chi connectivity index (χ0n) is 36.9. The van der Waals surface area contributed by atoms with E-state index in [1.165, 1.54) is 116 Å². The summed E-state index contributed by atoms with van der Waals surface area (Å²) in [7, 11) is 1.45. The summed E-state index contributed by atoms with van der Waals surface area (Å²) in [5, 5.41) is 0. The van der Waals surface area contributed by atoms with Crippen LogP contribution in [0.2, 0.25) is 0 Å². The molecule has 0 heterocycles. The van der Waals surface area contributed by atoms with Crippen molar-refractivity contribution >= 4 is 19.8 Å². The third-order valence-corrected chi connectivity index (χ3v) is 10.6. The van der Waals surface area contributed by atoms with Crippen molar-refractivity contribution in [3.63, 3.8) is 0 Å². The van der Waals surface area contributed by atoms with Gasteiger partial charge < -0.3 is 18.9 Å². The Labute approximate surface area is 344 Å². The number of phosphoric ester groups is 1. The Hall–Kier alpha value is -1.77. The fraction of sp³-hybridized carbons (Fsp3) is 0.826. The highest BCUT2D eigenvalue weighted by Crippen LogP contribution is 2.43. The van der Waals surface area contributed by atoms with E-state index < -0.39 is 26.5 Å². The number of carbonyl (C=O) groups is 2. The predicted octanol–water partition coefficient (Wildman–Crippen LogP) is 12.9. The molecule has 0 radical (unpaired) electrons. The Morgan fingerprint density at radius 1 is 0.554 bits per heavy atom. The average Bonchev–Trinajstić information content (AvgIpc) is 3.15. The molecule has 9 nitrogen and oxygen atoms in total. The van der Waals surface area contributed by atoms with Crippen LogP contribution in [0.3, 0.4) is 0 Å². The van der Waals surface area contributed by atoms with E-state index in [4.69, 9.17) is 18.5 Å². The van der Waals surface area contributed by atoms with Gasteiger partial charge in [0.05, 0.1) is 27.7 Å². The second-order valence-electron chi connectivity index (χ2n) is 16.4. The smallest absolute Gasteiger partial charge is 0.462 e. The molecule has 1 N–H and O–H groups in total. The quantitative estimate of drug-likeness (QED) is 0.0214. The van der Waals surface area contributed by atoms with Gasteiger partial charge >= 0.3 is 19.8 Å². The first kappa shape index (κ1) is 54.2. The van der Waals surface area contributed by atoms with Crippen LogP contribution in [0, 0.1) is 0 Å². The minimum absolute atomic E-state index is 0.0242. The summed E-state index contributed by atoms with van der Waals surface area (Å²) in [5.41, 5.74) is 0. The number of likely N-dealkylation sites (N-methyl/N-ethyl adjacent to an activating group) is 1. The highest BCUT2D eigenvalue weighted by atomic mass is 31.2. The molecular formula is C46H87NO8P+. The van der Waals surface area contributed by atoms with Gasteiger partial charge in [-0.2, -0.15) is 0 Å². The van der Waals surface area contributed by atoms with Gasteiger partial charge in [-0.15, -0.1) is 0 Å². The van der Waals surface area contributed by atoms with Crippen LogP contribution in [0.5, 0.6) is 0 Å². The van der Waals surface area contributed by atoms with Crippen molar-refractivity contribution < 1.29 is 42.1 Å². The van der Waals surface area contributed by atoms with Gasteiger partial charge in [-0.25, -0.2) is 4.57 Å². The molecule has 0 aliphatic rings. The Morgan fingerprint density at radius 2 is 0.982 bits per heavy atom. The van der Waals surface area contributed by atoms with Crippen molar-refractivity contribution in [1.82, 2.24) is 0 Å². The lowest BCUT2D eigenvalue weighted by atomic mass is 10.0. The fourth-order valence-electron chi connectivity index (χ4n) is 6.05. The van der Waals surface area contributed by atoms with E-state index in [1.807, 2.05) is 21.1 Å². The zero-order valence-corrected chi connectivity index (χ0v) is 37.8. The highest BCUT2D eigenvalue weighted by molar-refractivity contribution is 7.47. The molecule has 2 atom stereocenters. The van der Waals surface area contributed by atoms with Gasteiger partial charge in [0.2, 0.25) is 0 Å². The molecule has 0 amide bonds. The molecule has 10 heteroatoms. The van der Waals surface area contributed by atoms with Crippen LogP contribution in [0.15, 0.2) is 36.5 Å². The van der Waals surface area contributed by atoms with E-state index in [0.717, 1.165) is 44.9 Å². The standard InChI is InChI=1S/C46H86NO8P/c1-6-8-10-12-14-16-18-20-22-23-25-27-29-31-33-35-37-39-46(49)55-44(43-54-56(50,51)53-41-40-47(3,4)5)42-52-45(48)38-36-34-32-30-28-26-24-21-19-17-15-13-11-9-7-2/h14,16,25,27,31,33,44H,6-13,15,17-24,26,28-30,32,34-43H2,1-5H3/p+1/b16-14-,27-25-,33-31-/t44-/m1/s1. The SMILES string of the molecule is CCCCC/C=C\CCCC/C=C\C/C=C\CCCC(=O)O[C@H](COC(=O)CCCCCCCCCCCCCCCCC)COP(=O)(O)OCC[N+](C)(C)C. The third-order valence-electron chi connectivity index (χ3n) is 9.64. The Kier molecular flexibility index (Phi) is 37.5. The van der Waals surface area contributed by atoms with Crippen molar-refractivity contribution in [3.8, 4) is 0 Å². The molecule has 328 valence electrons. The van der Waals surface area contributed by atoms with E-state index in [0.29, 0.717) is 17.4 Å². The number of rotatable bonds is 41. The first-order valence-electron chi connectivity index (χ1n) is 22.7. The molecule has 0 aromatic carbocycles. The molecule has 0 aliphatic carbocycles. The molecule has 0 bridgehead atoms. The van der Waals surface area contributed by atoms with Gasteiger partial charge in [-0.1, -0.05) is 153 Å². The second-order valence-corrected chi connectivity index (χ2v) is 17.9. The van der Waals surface area contributed by atoms with E-state index in [1.54, 1.807) is 0 Å². The number of quaternary nitrogens is 1. The number of unbranched alkanes of at least 4 members (excludes halogenated alkanes) is 21. The summed E-state index contributed by atoms with van der Waals surface area (Å²) in [4.78, 5) is 35.4. The van der Waals surface area contributed by atoms with Crippen molar-refractivity contribution in [2.75, 3.05) is 47.5 Å². The first-order chi connectivity index (χ1) is 27.0. The van der Waals surface area contributed by atoms with Crippen LogP contribution >= 0.6 is 7.82 Å². The molecule has 0 saturated heterocycles. The van der Waals surface area contributed by atoms with Gasteiger partial charge in [0.25, 0.3) is 0 Å². The van der Waals surface area contributed by atoms with Gasteiger partial charge in [-0.3, -0.25) is 18.6 Å². The van der Waals surface area contributed by atoms with Crippen molar-refractivity contribution in [1.29, 1.82) is 0 Å². The van der Waals surface area contributed by atoms with Crippen LogP contribution in [-0.4, -0.2) is 74.9 Å². The first-order valence-corrected chi connectivity index (χ1v) is 24.2. The largest absolute Gasteiger partial charge is 0.472 e. The van der Waals surface area contributed by atoms with Crippen molar-refractivity contribution in [2.45, 2.75) is 200 Å². The van der Waals surface area contributed by atoms with Crippen LogP contribution in [0.4, 0.5) is 0 Å². The molecule has 56 heavy (non-hydrogen) atoms. The topological polar surface area (TPSA) is 108 Å². The number of hydrogen-bond donors (Lipinski definition) is 1. The number of phosphoric acid groups is 1. The number of hydrogen-bond acceptors (Lipinski definition) is 7. The summed E-state index contributed by atoms with van der Waals surface area (Å²) in [6.07, 6.45) is 43.4. The monoisotopic (exact) mass is 813 g/mol. The van der Waals surface area contributed by atoms with Gasteiger partial charge in [0, 0.05) is 12.8 Å². The normalized spacial score (nSPS) is 13.9. The molecule has 0 fully saturated rings. The van der Waals surface area contributed by atoms with Crippen LogP contribution in [-0.2, 0) is 32.7 Å². The number of esters is 2. The summed E-state index contributed by atoms with van der Waals surface area (Å²) >= 11 is 0. The zero-order chi connectivity index (χ0) is 41.4. The predicted molar refractivity (Wildman–Crippen MR) is 234 cm³/mol. The van der Waals surface area contributed by atoms with Gasteiger partial charge in [-0.05, 0) is 64.2 Å². The summed E-state index contributed by atoms with van der Waals surface area (Å²) < 4.78 is 34.3. The van der Waals surface area contributed by atoms with E-state index in [9.17, 15) is 19.0 Å². The summed E-state index contributed by atoms with van der Waals surface area (Å²) in [6.45, 7) is 4.36. The van der Waals surface area contributed by atoms with E-state index in [2.05, 4.69) is 50.3 Å². The van der Waals surface area contributed by atoms with E-state index >= 15 is 0 Å². The lowest BCUT2D eigenvalue weighted by Gasteiger charge is -2.24. The van der Waals surface area contributed by atoms with Crippen LogP contribution in [0.25, 0.3) is 0 Å². The van der Waals surface area contributed by atoms with Crippen molar-refractivity contribution in [3.05, 3.63) is 36.5 Å². The highest BCUT2D eigenvalue weighted by Gasteiger charge is 2.27. The fourth-order valence-corrected chi connectivity index (χ4v) is 6.79. The maximum absolute atomic E-state index is 12.7. The number of allylic oxidation sites excluding steroid dienone is 6. The minimum atomic E-state index is -4.38. The summed E-state index contributed by atoms with van der Waals surface area (Å²) in [6, 6.07) is 0. The molecule has 0 aliphatic heterocycles. The maximum atomic E-state index is 12.7. The van der Waals surface area contributed by atoms with E-state index in [-0.39, 0.29) is 32.0 Å². The molecule has 0 spiro atoms. The number of ether oxygens (including phenoxy) is 2. The number of carbonyl (C=O) groups excluding carboxylic acids is 2. The van der Waals surface area contributed by atoms with Gasteiger partial charge in [0.15, 0.2) is 6.10 Å². The molecule has 0 rings (SSSR count). The minimum Gasteiger partial charge on any atom is -0.462 e. The summed E-state index contributed by atoms with van der Waals surface area (Å²) in [5.74, 6) is -0.850. The van der Waals surface area contributed by atoms with Crippen molar-refractivity contribution in [2.24, 2.45) is 0 Å². The molecular weight excluding hydrogens is 725 g/mol. The average molecular weight is 813 g/mol. The lowest BCUT2D eigenvalue weighted by molar-refractivity contribution is -0.870. The third kappa shape index (κ3) is 41.9. The number of nitrogens with zero attached hydrogens (tertiary/aromatic N) is 1. The molecule has 0 aromatic heterocycles. The van der Waals surface area contributed by atoms with Gasteiger partial charge in [0.1, 0.15) is 19.8 Å². The molecule has 0 saturated carbocycles. The Balaban J connectivity index is 4.40.